The van der Waals surface area contributed by atoms with Crippen molar-refractivity contribution in [1.82, 2.24) is 9.80 Å². The van der Waals surface area contributed by atoms with Crippen molar-refractivity contribution >= 4 is 30.3 Å². The Morgan fingerprint density at radius 3 is 1.79 bits per heavy atom. The summed E-state index contributed by atoms with van der Waals surface area (Å²) < 4.78 is 7.55. The topological polar surface area (TPSA) is 6.48 Å². The van der Waals surface area contributed by atoms with Gasteiger partial charge in [0.25, 0.3) is 0 Å². The van der Waals surface area contributed by atoms with Crippen LogP contribution in [-0.2, 0) is 13.1 Å². The summed E-state index contributed by atoms with van der Waals surface area (Å²) in [5.74, 6) is 0. The predicted molar refractivity (Wildman–Crippen MR) is 112 cm³/mol. The fraction of sp³-hybridized carbons (Fsp3) is 0.400. The molecule has 0 aliphatic rings. The van der Waals surface area contributed by atoms with Gasteiger partial charge in [-0.25, -0.2) is 0 Å². The lowest BCUT2D eigenvalue weighted by Gasteiger charge is -2.20. The van der Waals surface area contributed by atoms with Gasteiger partial charge in [0.05, 0.1) is 0 Å². The van der Waals surface area contributed by atoms with Gasteiger partial charge in [0.2, 0.25) is 0 Å². The van der Waals surface area contributed by atoms with Gasteiger partial charge in [0.15, 0.2) is 0 Å². The van der Waals surface area contributed by atoms with Crippen molar-refractivity contribution in [3.63, 3.8) is 0 Å². The summed E-state index contributed by atoms with van der Waals surface area (Å²) in [4.78, 5) is 4.41. The van der Waals surface area contributed by atoms with Crippen molar-refractivity contribution in [3.8, 4) is 0 Å². The minimum Gasteiger partial charge on any atom is -0.305 e. The highest BCUT2D eigenvalue weighted by molar-refractivity contribution is 8.06. The van der Waals surface area contributed by atoms with Gasteiger partial charge in [-0.15, -0.1) is 0 Å². The van der Waals surface area contributed by atoms with E-state index in [2.05, 4.69) is 86.5 Å². The van der Waals surface area contributed by atoms with Crippen molar-refractivity contribution in [2.24, 2.45) is 0 Å². The first-order chi connectivity index (χ1) is 12.0. The normalized spacial score (nSPS) is 12.2. The Bertz CT molecular complexity index is 610. The van der Waals surface area contributed by atoms with Gasteiger partial charge < -0.3 is 9.80 Å². The van der Waals surface area contributed by atoms with E-state index in [0.717, 1.165) is 18.6 Å². The maximum absolute atomic E-state index is 7.55. The van der Waals surface area contributed by atoms with Gasteiger partial charge in [-0.05, 0) is 76.2 Å². The predicted octanol–water partition coefficient (Wildman–Crippen LogP) is 3.56. The highest BCUT2D eigenvalue weighted by Gasteiger charge is 2.14. The van der Waals surface area contributed by atoms with E-state index < -0.39 is 7.92 Å². The monoisotopic (exact) mass is 362 g/mol. The Kier molecular flexibility index (Phi) is 7.16. The molecule has 0 bridgehead atoms. The van der Waals surface area contributed by atoms with Crippen LogP contribution < -0.4 is 10.6 Å². The maximum Gasteiger partial charge on any atom is 0.0344 e. The van der Waals surface area contributed by atoms with Crippen molar-refractivity contribution in [1.29, 1.82) is 0 Å². The molecule has 0 aliphatic carbocycles. The van der Waals surface area contributed by atoms with Gasteiger partial charge in [-0.2, -0.15) is 11.8 Å². The first-order valence-corrected chi connectivity index (χ1v) is 10.8. The molecule has 2 aromatic rings. The maximum atomic E-state index is 7.55. The number of benzene rings is 2. The second-order valence-electron chi connectivity index (χ2n) is 6.58. The summed E-state index contributed by atoms with van der Waals surface area (Å²) in [7, 11) is 8.00. The minimum atomic E-state index is -0.433. The molecule has 0 radical (unpaired) electrons. The van der Waals surface area contributed by atoms with Crippen LogP contribution in [0.3, 0.4) is 0 Å². The summed E-state index contributed by atoms with van der Waals surface area (Å²) in [5.41, 5.74) is 3.72. The largest absolute Gasteiger partial charge is 0.305 e. The fourth-order valence-corrected chi connectivity index (χ4v) is 6.16. The smallest absolute Gasteiger partial charge is 0.0344 e. The summed E-state index contributed by atoms with van der Waals surface area (Å²) in [5, 5.41) is 2.83. The molecule has 0 saturated heterocycles. The highest BCUT2D eigenvalue weighted by Crippen LogP contribution is 2.37. The lowest BCUT2D eigenvalue weighted by atomic mass is 10.2. The first-order valence-electron chi connectivity index (χ1n) is 8.82. The van der Waals surface area contributed by atoms with Crippen LogP contribution in [0.2, 0.25) is 0 Å². The van der Waals surface area contributed by atoms with E-state index in [1.165, 1.54) is 21.7 Å². The van der Waals surface area contributed by atoms with Crippen molar-refractivity contribution < 1.29 is 1.37 Å². The van der Waals surface area contributed by atoms with E-state index in [0.29, 0.717) is 6.23 Å². The van der Waals surface area contributed by atoms with E-state index in [4.69, 9.17) is 1.37 Å². The van der Waals surface area contributed by atoms with Crippen molar-refractivity contribution in [2.45, 2.75) is 13.1 Å². The molecule has 0 spiro atoms. The van der Waals surface area contributed by atoms with Gasteiger partial charge in [-0.1, -0.05) is 36.4 Å². The number of hydrogen-bond acceptors (Lipinski definition) is 3. The number of hydrogen-bond donors (Lipinski definition) is 0. The van der Waals surface area contributed by atoms with E-state index in [1.54, 1.807) is 11.8 Å². The summed E-state index contributed by atoms with van der Waals surface area (Å²) in [6.07, 6.45) is 0.424. The number of rotatable bonds is 8. The number of nitrogens with zero attached hydrogens (tertiary/aromatic N) is 2. The van der Waals surface area contributed by atoms with Gasteiger partial charge in [0.1, 0.15) is 0 Å². The highest BCUT2D eigenvalue weighted by atomic mass is 32.2. The Hall–Kier alpha value is -0.860. The zero-order valence-electron chi connectivity index (χ0n) is 16.2. The van der Waals surface area contributed by atoms with Crippen molar-refractivity contribution in [3.05, 3.63) is 59.7 Å². The molecule has 2 nitrogen and oxygen atoms in total. The van der Waals surface area contributed by atoms with Crippen LogP contribution in [-0.4, -0.2) is 49.7 Å². The van der Waals surface area contributed by atoms with Crippen LogP contribution >= 0.6 is 19.7 Å². The summed E-state index contributed by atoms with van der Waals surface area (Å²) in [6.45, 7) is 1.92. The molecule has 0 heterocycles. The van der Waals surface area contributed by atoms with E-state index >= 15 is 0 Å². The molecule has 0 unspecified atom stereocenters. The van der Waals surface area contributed by atoms with E-state index in [9.17, 15) is 0 Å². The Balaban J connectivity index is 2.32. The molecule has 0 amide bonds. The molecule has 4 heteroatoms. The molecule has 0 saturated carbocycles. The quantitative estimate of drug-likeness (QED) is 0.663. The van der Waals surface area contributed by atoms with E-state index in [1.807, 2.05) is 0 Å². The van der Waals surface area contributed by atoms with Gasteiger partial charge >= 0.3 is 0 Å². The minimum absolute atomic E-state index is 0.424. The second kappa shape index (κ2) is 9.58. The summed E-state index contributed by atoms with van der Waals surface area (Å²) >= 11 is 1.72. The summed E-state index contributed by atoms with van der Waals surface area (Å²) in [6, 6.07) is 18.0. The Labute approximate surface area is 154 Å². The van der Waals surface area contributed by atoms with Crippen LogP contribution in [0.4, 0.5) is 0 Å². The molecule has 0 aromatic heterocycles. The lowest BCUT2D eigenvalue weighted by Crippen LogP contribution is -2.17. The molecule has 0 aliphatic heterocycles. The van der Waals surface area contributed by atoms with Crippen molar-refractivity contribution in [2.75, 3.05) is 39.9 Å². The fourth-order valence-electron chi connectivity index (χ4n) is 2.77. The second-order valence-corrected chi connectivity index (χ2v) is 9.91. The van der Waals surface area contributed by atoms with Crippen LogP contribution in [0.1, 0.15) is 12.5 Å². The lowest BCUT2D eigenvalue weighted by molar-refractivity contribution is 0.402. The average Bonchev–Trinajstić information content (AvgIpc) is 2.55. The van der Waals surface area contributed by atoms with E-state index in [-0.39, 0.29) is 0 Å². The van der Waals surface area contributed by atoms with Gasteiger partial charge in [-0.3, -0.25) is 0 Å². The zero-order valence-corrected chi connectivity index (χ0v) is 16.9. The first kappa shape index (κ1) is 17.9. The van der Waals surface area contributed by atoms with Crippen LogP contribution in [0.15, 0.2) is 48.5 Å². The molecule has 0 N–H and O–H groups in total. The third kappa shape index (κ3) is 5.89. The SMILES string of the molecule is [3H]CSCP(c1cccc(CN(C)C)c1)c1cccc(CN(C)C)c1. The van der Waals surface area contributed by atoms with Crippen LogP contribution in [0.25, 0.3) is 0 Å². The molecular formula is C20H29N2PS. The third-order valence-electron chi connectivity index (χ3n) is 3.66. The molecule has 2 aromatic carbocycles. The van der Waals surface area contributed by atoms with Crippen LogP contribution in [0.5, 0.6) is 0 Å². The molecule has 130 valence electrons. The number of thioether (sulfide) groups is 1. The van der Waals surface area contributed by atoms with Crippen LogP contribution in [0, 0.1) is 0 Å². The molecular weight excluding hydrogens is 331 g/mol. The Morgan fingerprint density at radius 2 is 1.38 bits per heavy atom. The average molecular weight is 363 g/mol. The Morgan fingerprint density at radius 1 is 0.875 bits per heavy atom. The molecule has 24 heavy (non-hydrogen) atoms. The molecule has 0 fully saturated rings. The van der Waals surface area contributed by atoms with Gasteiger partial charge in [0, 0.05) is 20.0 Å². The third-order valence-corrected chi connectivity index (χ3v) is 7.23. The standard InChI is InChI=1S/C20H29N2PS/c1-21(2)14-17-8-6-10-19(12-17)23(16-24-5)20-11-7-9-18(13-20)15-22(3)4/h6-13H,14-16H2,1-5H3/i5T. The molecule has 0 atom stereocenters. The zero-order chi connectivity index (χ0) is 18.2. The molecule has 2 rings (SSSR count).